The summed E-state index contributed by atoms with van der Waals surface area (Å²) in [6.45, 7) is 2.83. The van der Waals surface area contributed by atoms with Gasteiger partial charge in [0.1, 0.15) is 0 Å². The van der Waals surface area contributed by atoms with Gasteiger partial charge in [-0.3, -0.25) is 9.69 Å². The second-order valence-electron chi connectivity index (χ2n) is 8.76. The van der Waals surface area contributed by atoms with Crippen molar-refractivity contribution in [2.45, 2.75) is 38.4 Å². The second kappa shape index (κ2) is 11.4. The molecule has 2 atom stereocenters. The Bertz CT molecular complexity index is 1160. The first kappa shape index (κ1) is 23.5. The van der Waals surface area contributed by atoms with Crippen LogP contribution < -0.4 is 0 Å². The molecule has 0 spiro atoms. The minimum absolute atomic E-state index is 0.0437. The van der Waals surface area contributed by atoms with Crippen LogP contribution in [0.4, 0.5) is 0 Å². The van der Waals surface area contributed by atoms with Crippen LogP contribution >= 0.6 is 0 Å². The standard InChI is InChI=1S/C31H31NO2/c1-24(28-15-9-4-10-16-28)32(23-27-13-7-3-8-14-27)30(22-31(33)34)29-19-17-26(18-20-29)21-25-11-5-2-6-12-25/h2-20,24,30H,21-23H2,1H3,(H,33,34)/t24-,30+/m1/s1. The van der Waals surface area contributed by atoms with Crippen LogP contribution in [0, 0.1) is 0 Å². The van der Waals surface area contributed by atoms with Crippen LogP contribution in [0.25, 0.3) is 0 Å². The third-order valence-corrected chi connectivity index (χ3v) is 6.37. The van der Waals surface area contributed by atoms with Crippen LogP contribution in [-0.2, 0) is 17.8 Å². The predicted octanol–water partition coefficient (Wildman–Crippen LogP) is 7.06. The van der Waals surface area contributed by atoms with Gasteiger partial charge in [0, 0.05) is 18.6 Å². The Morgan fingerprint density at radius 2 is 1.18 bits per heavy atom. The van der Waals surface area contributed by atoms with E-state index in [9.17, 15) is 9.90 Å². The van der Waals surface area contributed by atoms with Crippen molar-refractivity contribution in [1.29, 1.82) is 0 Å². The Labute approximate surface area is 202 Å². The Hall–Kier alpha value is -3.69. The van der Waals surface area contributed by atoms with Crippen LogP contribution in [0.5, 0.6) is 0 Å². The number of benzene rings is 4. The Kier molecular flexibility index (Phi) is 7.90. The molecule has 0 aliphatic carbocycles. The molecule has 0 heterocycles. The fraction of sp³-hybridized carbons (Fsp3) is 0.194. The van der Waals surface area contributed by atoms with Crippen molar-refractivity contribution in [3.63, 3.8) is 0 Å². The van der Waals surface area contributed by atoms with Gasteiger partial charge in [-0.25, -0.2) is 0 Å². The molecule has 0 bridgehead atoms. The second-order valence-corrected chi connectivity index (χ2v) is 8.76. The Balaban J connectivity index is 1.66. The molecular formula is C31H31NO2. The van der Waals surface area contributed by atoms with Crippen molar-refractivity contribution in [2.75, 3.05) is 0 Å². The van der Waals surface area contributed by atoms with Gasteiger partial charge in [0.05, 0.1) is 6.42 Å². The summed E-state index contributed by atoms with van der Waals surface area (Å²) in [7, 11) is 0. The summed E-state index contributed by atoms with van der Waals surface area (Å²) in [5, 5.41) is 9.84. The summed E-state index contributed by atoms with van der Waals surface area (Å²) in [5.74, 6) is -0.795. The molecule has 0 fully saturated rings. The molecule has 4 aromatic rings. The van der Waals surface area contributed by atoms with Crippen LogP contribution in [0.3, 0.4) is 0 Å². The van der Waals surface area contributed by atoms with E-state index in [0.29, 0.717) is 6.54 Å². The first-order valence-electron chi connectivity index (χ1n) is 11.8. The van der Waals surface area contributed by atoms with Gasteiger partial charge in [-0.15, -0.1) is 0 Å². The molecule has 0 radical (unpaired) electrons. The molecule has 1 N–H and O–H groups in total. The summed E-state index contributed by atoms with van der Waals surface area (Å²) < 4.78 is 0. The van der Waals surface area contributed by atoms with E-state index in [2.05, 4.69) is 84.6 Å². The maximum Gasteiger partial charge on any atom is 0.305 e. The highest BCUT2D eigenvalue weighted by atomic mass is 16.4. The molecule has 172 valence electrons. The first-order chi connectivity index (χ1) is 16.6. The SMILES string of the molecule is C[C@H](c1ccccc1)N(Cc1ccccc1)[C@@H](CC(=O)O)c1ccc(Cc2ccccc2)cc1. The van der Waals surface area contributed by atoms with Crippen molar-refractivity contribution in [1.82, 2.24) is 4.90 Å². The predicted molar refractivity (Wildman–Crippen MR) is 138 cm³/mol. The minimum atomic E-state index is -0.795. The normalized spacial score (nSPS) is 12.9. The van der Waals surface area contributed by atoms with Crippen LogP contribution in [0.1, 0.15) is 53.2 Å². The van der Waals surface area contributed by atoms with Crippen molar-refractivity contribution >= 4 is 5.97 Å². The van der Waals surface area contributed by atoms with Gasteiger partial charge < -0.3 is 5.11 Å². The highest BCUT2D eigenvalue weighted by Crippen LogP contribution is 2.35. The average molecular weight is 450 g/mol. The van der Waals surface area contributed by atoms with Crippen LogP contribution in [0.2, 0.25) is 0 Å². The monoisotopic (exact) mass is 449 g/mol. The quantitative estimate of drug-likeness (QED) is 0.282. The topological polar surface area (TPSA) is 40.5 Å². The van der Waals surface area contributed by atoms with Gasteiger partial charge >= 0.3 is 5.97 Å². The average Bonchev–Trinajstić information content (AvgIpc) is 2.88. The zero-order chi connectivity index (χ0) is 23.8. The summed E-state index contributed by atoms with van der Waals surface area (Å²) in [6, 6.07) is 39.2. The van der Waals surface area contributed by atoms with Crippen molar-refractivity contribution in [3.05, 3.63) is 143 Å². The number of carboxylic acid groups (broad SMARTS) is 1. The molecule has 3 heteroatoms. The van der Waals surface area contributed by atoms with E-state index in [4.69, 9.17) is 0 Å². The molecule has 0 aliphatic rings. The van der Waals surface area contributed by atoms with E-state index < -0.39 is 5.97 Å². The fourth-order valence-electron chi connectivity index (χ4n) is 4.52. The van der Waals surface area contributed by atoms with E-state index in [-0.39, 0.29) is 18.5 Å². The molecular weight excluding hydrogens is 418 g/mol. The molecule has 0 aromatic heterocycles. The van der Waals surface area contributed by atoms with Crippen LogP contribution in [-0.4, -0.2) is 16.0 Å². The number of hydrogen-bond acceptors (Lipinski definition) is 2. The smallest absolute Gasteiger partial charge is 0.305 e. The number of rotatable bonds is 10. The highest BCUT2D eigenvalue weighted by Gasteiger charge is 2.28. The van der Waals surface area contributed by atoms with Gasteiger partial charge in [-0.1, -0.05) is 115 Å². The lowest BCUT2D eigenvalue weighted by Gasteiger charge is -2.37. The summed E-state index contributed by atoms with van der Waals surface area (Å²) in [6.07, 6.45) is 0.904. The van der Waals surface area contributed by atoms with Crippen molar-refractivity contribution in [3.8, 4) is 0 Å². The van der Waals surface area contributed by atoms with Crippen molar-refractivity contribution in [2.24, 2.45) is 0 Å². The largest absolute Gasteiger partial charge is 0.481 e. The maximum atomic E-state index is 12.0. The number of aliphatic carboxylic acids is 1. The van der Waals surface area contributed by atoms with E-state index in [1.807, 2.05) is 42.5 Å². The molecule has 4 rings (SSSR count). The zero-order valence-corrected chi connectivity index (χ0v) is 19.5. The molecule has 0 saturated carbocycles. The third kappa shape index (κ3) is 6.21. The van der Waals surface area contributed by atoms with E-state index in [1.54, 1.807) is 0 Å². The van der Waals surface area contributed by atoms with Crippen molar-refractivity contribution < 1.29 is 9.90 Å². The Morgan fingerprint density at radius 1 is 0.676 bits per heavy atom. The molecule has 0 amide bonds. The minimum Gasteiger partial charge on any atom is -0.481 e. The van der Waals surface area contributed by atoms with E-state index in [1.165, 1.54) is 22.3 Å². The molecule has 0 unspecified atom stereocenters. The number of nitrogens with zero attached hydrogens (tertiary/aromatic N) is 1. The van der Waals surface area contributed by atoms with Crippen LogP contribution in [0.15, 0.2) is 115 Å². The first-order valence-corrected chi connectivity index (χ1v) is 11.8. The molecule has 34 heavy (non-hydrogen) atoms. The van der Waals surface area contributed by atoms with Gasteiger partial charge in [0.25, 0.3) is 0 Å². The summed E-state index contributed by atoms with van der Waals surface area (Å²) in [4.78, 5) is 14.3. The van der Waals surface area contributed by atoms with E-state index in [0.717, 1.165) is 12.0 Å². The summed E-state index contributed by atoms with van der Waals surface area (Å²) in [5.41, 5.74) is 5.85. The molecule has 0 aliphatic heterocycles. The lowest BCUT2D eigenvalue weighted by molar-refractivity contribution is -0.138. The van der Waals surface area contributed by atoms with Gasteiger partial charge in [-0.2, -0.15) is 0 Å². The zero-order valence-electron chi connectivity index (χ0n) is 19.5. The van der Waals surface area contributed by atoms with Gasteiger partial charge in [-0.05, 0) is 41.2 Å². The van der Waals surface area contributed by atoms with E-state index >= 15 is 0 Å². The number of carboxylic acids is 1. The molecule has 4 aromatic carbocycles. The van der Waals surface area contributed by atoms with Gasteiger partial charge in [0.15, 0.2) is 0 Å². The molecule has 3 nitrogen and oxygen atoms in total. The molecule has 0 saturated heterocycles. The number of hydrogen-bond donors (Lipinski definition) is 1. The fourth-order valence-corrected chi connectivity index (χ4v) is 4.52. The lowest BCUT2D eigenvalue weighted by atomic mass is 9.95. The summed E-state index contributed by atoms with van der Waals surface area (Å²) >= 11 is 0. The number of carbonyl (C=O) groups is 1. The van der Waals surface area contributed by atoms with Gasteiger partial charge in [0.2, 0.25) is 0 Å². The highest BCUT2D eigenvalue weighted by molar-refractivity contribution is 5.68. The third-order valence-electron chi connectivity index (χ3n) is 6.37. The maximum absolute atomic E-state index is 12.0. The lowest BCUT2D eigenvalue weighted by Crippen LogP contribution is -2.32. The Morgan fingerprint density at radius 3 is 1.74 bits per heavy atom.